The van der Waals surface area contributed by atoms with E-state index < -0.39 is 0 Å². The van der Waals surface area contributed by atoms with Crippen molar-refractivity contribution in [3.63, 3.8) is 0 Å². The van der Waals surface area contributed by atoms with Gasteiger partial charge in [-0.25, -0.2) is 0 Å². The van der Waals surface area contributed by atoms with E-state index in [1.807, 2.05) is 11.3 Å². The summed E-state index contributed by atoms with van der Waals surface area (Å²) in [6.45, 7) is 2.15. The lowest BCUT2D eigenvalue weighted by molar-refractivity contribution is 0.520. The lowest BCUT2D eigenvalue weighted by Gasteiger charge is -2.20. The highest BCUT2D eigenvalue weighted by molar-refractivity contribution is 7.10. The highest BCUT2D eigenvalue weighted by Crippen LogP contribution is 2.25. The Morgan fingerprint density at radius 2 is 2.43 bits per heavy atom. The van der Waals surface area contributed by atoms with Crippen molar-refractivity contribution in [2.45, 2.75) is 38.6 Å². The first-order valence-electron chi connectivity index (χ1n) is 5.24. The van der Waals surface area contributed by atoms with Gasteiger partial charge in [-0.2, -0.15) is 0 Å². The van der Waals surface area contributed by atoms with Crippen molar-refractivity contribution < 1.29 is 0 Å². The van der Waals surface area contributed by atoms with Gasteiger partial charge in [0, 0.05) is 10.9 Å². The van der Waals surface area contributed by atoms with Crippen LogP contribution in [-0.4, -0.2) is 6.04 Å². The Morgan fingerprint density at radius 3 is 3.07 bits per heavy atom. The molecule has 2 rings (SSSR count). The standard InChI is InChI=1S/C12H17NS/c1-9-5-11(8-14-9)6-10-3-2-4-12(13)7-10/h5-6,8,12H,2-4,7,13H2,1H3/b10-6-. The number of rotatable bonds is 1. The summed E-state index contributed by atoms with van der Waals surface area (Å²) in [5.41, 5.74) is 8.83. The van der Waals surface area contributed by atoms with E-state index in [2.05, 4.69) is 24.4 Å². The summed E-state index contributed by atoms with van der Waals surface area (Å²) in [5, 5.41) is 2.22. The predicted octanol–water partition coefficient (Wildman–Crippen LogP) is 3.34. The summed E-state index contributed by atoms with van der Waals surface area (Å²) < 4.78 is 0. The van der Waals surface area contributed by atoms with Crippen LogP contribution in [0.15, 0.2) is 17.0 Å². The van der Waals surface area contributed by atoms with Gasteiger partial charge >= 0.3 is 0 Å². The quantitative estimate of drug-likeness (QED) is 0.751. The molecule has 1 aromatic rings. The van der Waals surface area contributed by atoms with Gasteiger partial charge in [-0.05, 0) is 49.6 Å². The normalized spacial score (nSPS) is 25.6. The third-order valence-electron chi connectivity index (χ3n) is 2.72. The van der Waals surface area contributed by atoms with Crippen LogP contribution in [0, 0.1) is 6.92 Å². The average molecular weight is 207 g/mol. The van der Waals surface area contributed by atoms with Gasteiger partial charge in [0.1, 0.15) is 0 Å². The fourth-order valence-electron chi connectivity index (χ4n) is 2.04. The van der Waals surface area contributed by atoms with Crippen LogP contribution in [0.2, 0.25) is 0 Å². The van der Waals surface area contributed by atoms with Crippen LogP contribution in [0.3, 0.4) is 0 Å². The number of aryl methyl sites for hydroxylation is 1. The molecule has 0 saturated heterocycles. The molecule has 2 N–H and O–H groups in total. The lowest BCUT2D eigenvalue weighted by atomic mass is 9.90. The average Bonchev–Trinajstić information content (AvgIpc) is 2.51. The molecule has 0 spiro atoms. The van der Waals surface area contributed by atoms with Crippen LogP contribution in [-0.2, 0) is 0 Å². The predicted molar refractivity (Wildman–Crippen MR) is 63.5 cm³/mol. The Bertz CT molecular complexity index is 338. The summed E-state index contributed by atoms with van der Waals surface area (Å²) in [4.78, 5) is 1.39. The van der Waals surface area contributed by atoms with Crippen molar-refractivity contribution in [2.75, 3.05) is 0 Å². The molecule has 1 saturated carbocycles. The molecule has 1 aromatic heterocycles. The monoisotopic (exact) mass is 207 g/mol. The van der Waals surface area contributed by atoms with Gasteiger partial charge in [0.15, 0.2) is 0 Å². The molecule has 1 nitrogen and oxygen atoms in total. The summed E-state index contributed by atoms with van der Waals surface area (Å²) in [6, 6.07) is 2.65. The Kier molecular flexibility index (Phi) is 3.04. The SMILES string of the molecule is Cc1cc(/C=C2/CCCC(N)C2)cs1. The second-order valence-corrected chi connectivity index (χ2v) is 5.27. The van der Waals surface area contributed by atoms with E-state index in [4.69, 9.17) is 5.73 Å². The van der Waals surface area contributed by atoms with Crippen molar-refractivity contribution >= 4 is 17.4 Å². The maximum Gasteiger partial charge on any atom is 0.00763 e. The zero-order chi connectivity index (χ0) is 9.97. The first-order valence-corrected chi connectivity index (χ1v) is 6.12. The number of hydrogen-bond donors (Lipinski definition) is 1. The van der Waals surface area contributed by atoms with E-state index in [1.165, 1.54) is 35.3 Å². The molecule has 1 fully saturated rings. The summed E-state index contributed by atoms with van der Waals surface area (Å²) in [6.07, 6.45) is 7.11. The minimum absolute atomic E-state index is 0.398. The molecule has 1 aliphatic rings. The molecule has 0 amide bonds. The van der Waals surface area contributed by atoms with Gasteiger partial charge in [-0.1, -0.05) is 11.6 Å². The summed E-state index contributed by atoms with van der Waals surface area (Å²) >= 11 is 1.82. The molecule has 1 unspecified atom stereocenters. The topological polar surface area (TPSA) is 26.0 Å². The molecular formula is C12H17NS. The molecule has 1 heterocycles. The Labute approximate surface area is 89.6 Å². The van der Waals surface area contributed by atoms with Gasteiger partial charge < -0.3 is 5.73 Å². The largest absolute Gasteiger partial charge is 0.327 e. The molecule has 1 aliphatic carbocycles. The fourth-order valence-corrected chi connectivity index (χ4v) is 2.70. The highest BCUT2D eigenvalue weighted by Gasteiger charge is 2.12. The summed E-state index contributed by atoms with van der Waals surface area (Å²) in [7, 11) is 0. The molecule has 76 valence electrons. The Morgan fingerprint density at radius 1 is 1.57 bits per heavy atom. The number of thiophene rings is 1. The van der Waals surface area contributed by atoms with Gasteiger partial charge in [-0.3, -0.25) is 0 Å². The minimum atomic E-state index is 0.398. The molecular weight excluding hydrogens is 190 g/mol. The third kappa shape index (κ3) is 2.46. The Hall–Kier alpha value is -0.600. The first kappa shape index (κ1) is 9.94. The maximum absolute atomic E-state index is 5.95. The molecule has 0 aliphatic heterocycles. The van der Waals surface area contributed by atoms with Crippen molar-refractivity contribution in [1.29, 1.82) is 0 Å². The molecule has 0 aromatic carbocycles. The smallest absolute Gasteiger partial charge is 0.00763 e. The van der Waals surface area contributed by atoms with E-state index in [1.54, 1.807) is 0 Å². The van der Waals surface area contributed by atoms with Crippen LogP contribution < -0.4 is 5.73 Å². The third-order valence-corrected chi connectivity index (χ3v) is 3.60. The van der Waals surface area contributed by atoms with E-state index in [-0.39, 0.29) is 0 Å². The van der Waals surface area contributed by atoms with Gasteiger partial charge in [0.05, 0.1) is 0 Å². The molecule has 14 heavy (non-hydrogen) atoms. The molecule has 1 atom stereocenters. The zero-order valence-corrected chi connectivity index (χ0v) is 9.44. The lowest BCUT2D eigenvalue weighted by Crippen LogP contribution is -2.23. The van der Waals surface area contributed by atoms with E-state index in [0.717, 1.165) is 6.42 Å². The number of hydrogen-bond acceptors (Lipinski definition) is 2. The van der Waals surface area contributed by atoms with Crippen LogP contribution in [0.5, 0.6) is 0 Å². The first-order chi connectivity index (χ1) is 6.74. The van der Waals surface area contributed by atoms with Crippen LogP contribution >= 0.6 is 11.3 Å². The van der Waals surface area contributed by atoms with Crippen molar-refractivity contribution in [2.24, 2.45) is 5.73 Å². The second kappa shape index (κ2) is 4.28. The van der Waals surface area contributed by atoms with E-state index in [9.17, 15) is 0 Å². The maximum atomic E-state index is 5.95. The van der Waals surface area contributed by atoms with Crippen molar-refractivity contribution in [3.05, 3.63) is 27.5 Å². The second-order valence-electron chi connectivity index (χ2n) is 4.15. The van der Waals surface area contributed by atoms with Crippen LogP contribution in [0.1, 0.15) is 36.1 Å². The van der Waals surface area contributed by atoms with Gasteiger partial charge in [0.25, 0.3) is 0 Å². The van der Waals surface area contributed by atoms with Crippen LogP contribution in [0.25, 0.3) is 6.08 Å². The van der Waals surface area contributed by atoms with Crippen LogP contribution in [0.4, 0.5) is 0 Å². The molecule has 0 radical (unpaired) electrons. The number of nitrogens with two attached hydrogens (primary N) is 1. The van der Waals surface area contributed by atoms with Gasteiger partial charge in [-0.15, -0.1) is 11.3 Å². The van der Waals surface area contributed by atoms with E-state index in [0.29, 0.717) is 6.04 Å². The highest BCUT2D eigenvalue weighted by atomic mass is 32.1. The fraction of sp³-hybridized carbons (Fsp3) is 0.500. The van der Waals surface area contributed by atoms with E-state index >= 15 is 0 Å². The zero-order valence-electron chi connectivity index (χ0n) is 8.62. The Balaban J connectivity index is 2.09. The van der Waals surface area contributed by atoms with Crippen molar-refractivity contribution in [1.82, 2.24) is 0 Å². The minimum Gasteiger partial charge on any atom is -0.327 e. The molecule has 0 bridgehead atoms. The van der Waals surface area contributed by atoms with Crippen molar-refractivity contribution in [3.8, 4) is 0 Å². The molecule has 2 heteroatoms. The summed E-state index contributed by atoms with van der Waals surface area (Å²) in [5.74, 6) is 0. The van der Waals surface area contributed by atoms with Gasteiger partial charge in [0.2, 0.25) is 0 Å².